The second-order valence-corrected chi connectivity index (χ2v) is 5.44. The molecule has 6 heteroatoms. The van der Waals surface area contributed by atoms with Crippen molar-refractivity contribution in [1.29, 1.82) is 0 Å². The minimum absolute atomic E-state index is 0.770. The predicted octanol–water partition coefficient (Wildman–Crippen LogP) is 3.30. The standard InChI is InChI=1S/C15H16N4OS/c1-16-14-5-3-4-10(17-14)9-21-15-18-12-7-6-11(20-2)8-13(12)19-15/h3-8H,9H2,1-2H3,(H,16,17)(H,18,19). The summed E-state index contributed by atoms with van der Waals surface area (Å²) in [7, 11) is 3.53. The number of nitrogens with zero attached hydrogens (tertiary/aromatic N) is 2. The molecule has 1 aromatic carbocycles. The van der Waals surface area contributed by atoms with Crippen LogP contribution in [0.5, 0.6) is 5.75 Å². The molecule has 108 valence electrons. The number of rotatable bonds is 5. The monoisotopic (exact) mass is 300 g/mol. The molecule has 0 saturated carbocycles. The molecule has 0 fully saturated rings. The number of fused-ring (bicyclic) bond motifs is 1. The van der Waals surface area contributed by atoms with Crippen LogP contribution in [0.25, 0.3) is 11.0 Å². The molecule has 2 aromatic heterocycles. The number of aromatic nitrogens is 3. The number of H-pyrrole nitrogens is 1. The minimum atomic E-state index is 0.770. The summed E-state index contributed by atoms with van der Waals surface area (Å²) < 4.78 is 5.21. The summed E-state index contributed by atoms with van der Waals surface area (Å²) in [6, 6.07) is 11.8. The topological polar surface area (TPSA) is 62.8 Å². The van der Waals surface area contributed by atoms with Crippen LogP contribution >= 0.6 is 11.8 Å². The molecule has 0 saturated heterocycles. The van der Waals surface area contributed by atoms with Crippen molar-refractivity contribution in [2.45, 2.75) is 10.9 Å². The van der Waals surface area contributed by atoms with E-state index in [0.717, 1.165) is 39.2 Å². The molecular weight excluding hydrogens is 284 g/mol. The molecule has 0 aliphatic carbocycles. The molecule has 0 atom stereocenters. The summed E-state index contributed by atoms with van der Waals surface area (Å²) in [5.41, 5.74) is 2.94. The van der Waals surface area contributed by atoms with Gasteiger partial charge < -0.3 is 15.0 Å². The van der Waals surface area contributed by atoms with Crippen LogP contribution in [0.4, 0.5) is 5.82 Å². The van der Waals surface area contributed by atoms with Gasteiger partial charge in [0.05, 0.1) is 23.8 Å². The molecule has 0 aliphatic heterocycles. The zero-order valence-electron chi connectivity index (χ0n) is 11.9. The van der Waals surface area contributed by atoms with Crippen molar-refractivity contribution in [3.63, 3.8) is 0 Å². The molecule has 0 amide bonds. The van der Waals surface area contributed by atoms with Crippen LogP contribution in [0.2, 0.25) is 0 Å². The third kappa shape index (κ3) is 3.11. The van der Waals surface area contributed by atoms with Gasteiger partial charge in [-0.25, -0.2) is 9.97 Å². The number of pyridine rings is 1. The minimum Gasteiger partial charge on any atom is -0.497 e. The lowest BCUT2D eigenvalue weighted by molar-refractivity contribution is 0.415. The van der Waals surface area contributed by atoms with Crippen molar-refractivity contribution in [2.24, 2.45) is 0 Å². The Bertz CT molecular complexity index is 756. The first-order valence-electron chi connectivity index (χ1n) is 6.59. The molecule has 0 radical (unpaired) electrons. The molecule has 0 spiro atoms. The summed E-state index contributed by atoms with van der Waals surface area (Å²) in [4.78, 5) is 12.3. The van der Waals surface area contributed by atoms with Crippen molar-refractivity contribution in [1.82, 2.24) is 15.0 Å². The molecule has 3 aromatic rings. The van der Waals surface area contributed by atoms with Crippen molar-refractivity contribution in [3.05, 3.63) is 42.1 Å². The molecule has 21 heavy (non-hydrogen) atoms. The predicted molar refractivity (Wildman–Crippen MR) is 86.0 cm³/mol. The van der Waals surface area contributed by atoms with E-state index in [1.807, 2.05) is 43.4 Å². The lowest BCUT2D eigenvalue weighted by Crippen LogP contribution is -1.94. The summed E-state index contributed by atoms with van der Waals surface area (Å²) in [5.74, 6) is 2.47. The number of anilines is 1. The Balaban J connectivity index is 1.75. The van der Waals surface area contributed by atoms with E-state index in [9.17, 15) is 0 Å². The van der Waals surface area contributed by atoms with Gasteiger partial charge in [-0.15, -0.1) is 0 Å². The van der Waals surface area contributed by atoms with Crippen LogP contribution in [0, 0.1) is 0 Å². The Morgan fingerprint density at radius 3 is 2.95 bits per heavy atom. The highest BCUT2D eigenvalue weighted by Crippen LogP contribution is 2.25. The first kappa shape index (κ1) is 13.8. The Hall–Kier alpha value is -2.21. The summed E-state index contributed by atoms with van der Waals surface area (Å²) in [5, 5.41) is 3.93. The van der Waals surface area contributed by atoms with E-state index in [0.29, 0.717) is 0 Å². The maximum absolute atomic E-state index is 5.21. The van der Waals surface area contributed by atoms with E-state index in [1.165, 1.54) is 0 Å². The molecule has 2 N–H and O–H groups in total. The lowest BCUT2D eigenvalue weighted by atomic mass is 10.3. The van der Waals surface area contributed by atoms with Crippen LogP contribution in [0.15, 0.2) is 41.6 Å². The Labute approximate surface area is 127 Å². The van der Waals surface area contributed by atoms with Gasteiger partial charge in [0.25, 0.3) is 0 Å². The molecule has 0 aliphatic rings. The van der Waals surface area contributed by atoms with E-state index in [-0.39, 0.29) is 0 Å². The number of aromatic amines is 1. The van der Waals surface area contributed by atoms with Gasteiger partial charge in [-0.2, -0.15) is 0 Å². The van der Waals surface area contributed by atoms with Gasteiger partial charge in [-0.05, 0) is 24.3 Å². The quantitative estimate of drug-likeness (QED) is 0.708. The van der Waals surface area contributed by atoms with Crippen molar-refractivity contribution < 1.29 is 4.74 Å². The van der Waals surface area contributed by atoms with Crippen LogP contribution < -0.4 is 10.1 Å². The molecular formula is C15H16N4OS. The lowest BCUT2D eigenvalue weighted by Gasteiger charge is -2.02. The van der Waals surface area contributed by atoms with Gasteiger partial charge in [0.2, 0.25) is 0 Å². The average molecular weight is 300 g/mol. The number of thioether (sulfide) groups is 1. The number of hydrogen-bond acceptors (Lipinski definition) is 5. The third-order valence-electron chi connectivity index (χ3n) is 3.09. The number of imidazole rings is 1. The molecule has 5 nitrogen and oxygen atoms in total. The Kier molecular flexibility index (Phi) is 3.96. The van der Waals surface area contributed by atoms with E-state index < -0.39 is 0 Å². The largest absolute Gasteiger partial charge is 0.497 e. The zero-order chi connectivity index (χ0) is 14.7. The molecule has 0 unspecified atom stereocenters. The van der Waals surface area contributed by atoms with Gasteiger partial charge in [0.15, 0.2) is 5.16 Å². The van der Waals surface area contributed by atoms with E-state index in [2.05, 4.69) is 20.3 Å². The summed E-state index contributed by atoms with van der Waals surface area (Å²) in [6.45, 7) is 0. The van der Waals surface area contributed by atoms with Crippen molar-refractivity contribution in [2.75, 3.05) is 19.5 Å². The maximum Gasteiger partial charge on any atom is 0.166 e. The third-order valence-corrected chi connectivity index (χ3v) is 3.99. The molecule has 0 bridgehead atoms. The summed E-state index contributed by atoms with van der Waals surface area (Å²) >= 11 is 1.63. The summed E-state index contributed by atoms with van der Waals surface area (Å²) in [6.07, 6.45) is 0. The molecule has 2 heterocycles. The van der Waals surface area contributed by atoms with Crippen LogP contribution in [-0.4, -0.2) is 29.1 Å². The fourth-order valence-corrected chi connectivity index (χ4v) is 2.79. The number of nitrogens with one attached hydrogen (secondary N) is 2. The Morgan fingerprint density at radius 2 is 2.14 bits per heavy atom. The van der Waals surface area contributed by atoms with E-state index in [4.69, 9.17) is 4.74 Å². The van der Waals surface area contributed by atoms with E-state index in [1.54, 1.807) is 18.9 Å². The zero-order valence-corrected chi connectivity index (χ0v) is 12.7. The van der Waals surface area contributed by atoms with Gasteiger partial charge in [-0.1, -0.05) is 17.8 Å². The van der Waals surface area contributed by atoms with Gasteiger partial charge in [0, 0.05) is 18.9 Å². The number of methoxy groups -OCH3 is 1. The normalized spacial score (nSPS) is 10.8. The Morgan fingerprint density at radius 1 is 1.24 bits per heavy atom. The van der Waals surface area contributed by atoms with Crippen molar-refractivity contribution in [3.8, 4) is 5.75 Å². The highest BCUT2D eigenvalue weighted by atomic mass is 32.2. The molecule has 3 rings (SSSR count). The van der Waals surface area contributed by atoms with Crippen molar-refractivity contribution >= 4 is 28.6 Å². The fourth-order valence-electron chi connectivity index (χ4n) is 2.00. The average Bonchev–Trinajstić information content (AvgIpc) is 2.95. The highest BCUT2D eigenvalue weighted by Gasteiger charge is 2.06. The maximum atomic E-state index is 5.21. The first-order valence-corrected chi connectivity index (χ1v) is 7.57. The highest BCUT2D eigenvalue weighted by molar-refractivity contribution is 7.98. The van der Waals surface area contributed by atoms with Gasteiger partial charge in [0.1, 0.15) is 11.6 Å². The number of ether oxygens (including phenoxy) is 1. The number of hydrogen-bond donors (Lipinski definition) is 2. The smallest absolute Gasteiger partial charge is 0.166 e. The van der Waals surface area contributed by atoms with Crippen LogP contribution in [0.1, 0.15) is 5.69 Å². The van der Waals surface area contributed by atoms with E-state index >= 15 is 0 Å². The van der Waals surface area contributed by atoms with Gasteiger partial charge >= 0.3 is 0 Å². The SMILES string of the molecule is CNc1cccc(CSc2nc3ccc(OC)cc3[nH]2)n1. The van der Waals surface area contributed by atoms with Gasteiger partial charge in [-0.3, -0.25) is 0 Å². The van der Waals surface area contributed by atoms with Crippen LogP contribution in [-0.2, 0) is 5.75 Å². The number of benzene rings is 1. The second kappa shape index (κ2) is 6.05. The van der Waals surface area contributed by atoms with Crippen LogP contribution in [0.3, 0.4) is 0 Å². The fraction of sp³-hybridized carbons (Fsp3) is 0.200. The first-order chi connectivity index (χ1) is 10.3. The second-order valence-electron chi connectivity index (χ2n) is 4.48.